The number of halogens is 4. The molecule has 134 valence electrons. The highest BCUT2D eigenvalue weighted by Crippen LogP contribution is 2.37. The van der Waals surface area contributed by atoms with E-state index >= 15 is 0 Å². The fourth-order valence-electron chi connectivity index (χ4n) is 2.15. The average molecular weight is 366 g/mol. The van der Waals surface area contributed by atoms with Crippen LogP contribution in [0, 0.1) is 5.82 Å². The van der Waals surface area contributed by atoms with Crippen LogP contribution in [-0.2, 0) is 6.18 Å². The van der Waals surface area contributed by atoms with E-state index in [1.165, 1.54) is 36.7 Å². The summed E-state index contributed by atoms with van der Waals surface area (Å²) in [4.78, 5) is 15.6. The molecule has 0 saturated heterocycles. The van der Waals surface area contributed by atoms with Crippen molar-refractivity contribution in [1.29, 1.82) is 0 Å². The van der Waals surface area contributed by atoms with E-state index in [4.69, 9.17) is 4.74 Å². The third-order valence-electron chi connectivity index (χ3n) is 3.19. The molecule has 1 amide bonds. The molecule has 10 heteroatoms. The van der Waals surface area contributed by atoms with Crippen LogP contribution in [0.15, 0.2) is 55.0 Å². The van der Waals surface area contributed by atoms with Gasteiger partial charge in [0.2, 0.25) is 0 Å². The van der Waals surface area contributed by atoms with Crippen LogP contribution in [0.4, 0.5) is 28.0 Å². The number of benzene rings is 1. The van der Waals surface area contributed by atoms with Crippen molar-refractivity contribution in [1.82, 2.24) is 14.8 Å². The minimum absolute atomic E-state index is 0.165. The summed E-state index contributed by atoms with van der Waals surface area (Å²) < 4.78 is 58.8. The zero-order valence-electron chi connectivity index (χ0n) is 12.9. The molecular formula is C16H10F4N4O2. The number of hydrogen-bond donors (Lipinski definition) is 1. The largest absolute Gasteiger partial charge is 0.437 e. The van der Waals surface area contributed by atoms with Gasteiger partial charge in [0.05, 0.1) is 11.9 Å². The number of pyridine rings is 1. The molecule has 1 aromatic carbocycles. The van der Waals surface area contributed by atoms with Gasteiger partial charge in [-0.2, -0.15) is 18.3 Å². The normalized spacial score (nSPS) is 11.2. The number of amides is 1. The average Bonchev–Trinajstić information content (AvgIpc) is 2.99. The molecular weight excluding hydrogens is 356 g/mol. The summed E-state index contributed by atoms with van der Waals surface area (Å²) in [6.07, 6.45) is -2.52. The summed E-state index contributed by atoms with van der Waals surface area (Å²) in [6.45, 7) is 0. The van der Waals surface area contributed by atoms with E-state index in [1.807, 2.05) is 0 Å². The molecule has 0 unspecified atom stereocenters. The van der Waals surface area contributed by atoms with Crippen LogP contribution in [0.25, 0.3) is 5.69 Å². The fraction of sp³-hybridized carbons (Fsp3) is 0.0625. The molecule has 6 nitrogen and oxygen atoms in total. The van der Waals surface area contributed by atoms with Gasteiger partial charge in [-0.3, -0.25) is 10.3 Å². The summed E-state index contributed by atoms with van der Waals surface area (Å²) in [6, 6.07) is 7.31. The van der Waals surface area contributed by atoms with Gasteiger partial charge in [-0.15, -0.1) is 0 Å². The molecule has 2 heterocycles. The highest BCUT2D eigenvalue weighted by Gasteiger charge is 2.40. The van der Waals surface area contributed by atoms with Crippen LogP contribution < -0.4 is 10.1 Å². The number of carbonyl (C=O) groups is 1. The van der Waals surface area contributed by atoms with Crippen molar-refractivity contribution >= 4 is 11.8 Å². The smallest absolute Gasteiger partial charge is 0.406 e. The number of ether oxygens (including phenoxy) is 1. The van der Waals surface area contributed by atoms with Gasteiger partial charge in [0, 0.05) is 18.1 Å². The quantitative estimate of drug-likeness (QED) is 0.711. The maximum Gasteiger partial charge on any atom is 0.437 e. The predicted octanol–water partition coefficient (Wildman–Crippen LogP) is 4.04. The second-order valence-electron chi connectivity index (χ2n) is 5.00. The van der Waals surface area contributed by atoms with E-state index in [9.17, 15) is 22.4 Å². The number of anilines is 1. The summed E-state index contributed by atoms with van der Waals surface area (Å²) >= 11 is 0. The van der Waals surface area contributed by atoms with Crippen LogP contribution in [0.2, 0.25) is 0 Å². The Labute approximate surface area is 144 Å². The summed E-state index contributed by atoms with van der Waals surface area (Å²) in [7, 11) is 0. The van der Waals surface area contributed by atoms with Crippen molar-refractivity contribution in [3.63, 3.8) is 0 Å². The van der Waals surface area contributed by atoms with E-state index < -0.39 is 29.5 Å². The van der Waals surface area contributed by atoms with Crippen LogP contribution >= 0.6 is 0 Å². The Hall–Kier alpha value is -3.43. The third-order valence-corrected chi connectivity index (χ3v) is 3.19. The molecule has 3 aromatic rings. The van der Waals surface area contributed by atoms with Crippen molar-refractivity contribution in [2.24, 2.45) is 0 Å². The van der Waals surface area contributed by atoms with Gasteiger partial charge in [-0.1, -0.05) is 6.07 Å². The number of hydrogen-bond acceptors (Lipinski definition) is 4. The second kappa shape index (κ2) is 6.82. The predicted molar refractivity (Wildman–Crippen MR) is 82.4 cm³/mol. The Bertz CT molecular complexity index is 925. The second-order valence-corrected chi connectivity index (χ2v) is 5.00. The van der Waals surface area contributed by atoms with Gasteiger partial charge in [0.1, 0.15) is 5.82 Å². The monoisotopic (exact) mass is 366 g/mol. The van der Waals surface area contributed by atoms with E-state index in [1.54, 1.807) is 0 Å². The number of nitrogens with zero attached hydrogens (tertiary/aromatic N) is 3. The van der Waals surface area contributed by atoms with Crippen LogP contribution in [0.3, 0.4) is 0 Å². The maximum atomic E-state index is 13.4. The van der Waals surface area contributed by atoms with Crippen molar-refractivity contribution in [3.8, 4) is 11.4 Å². The fourth-order valence-corrected chi connectivity index (χ4v) is 2.15. The zero-order valence-corrected chi connectivity index (χ0v) is 12.9. The van der Waals surface area contributed by atoms with Crippen molar-refractivity contribution in [2.75, 3.05) is 5.32 Å². The topological polar surface area (TPSA) is 69.0 Å². The van der Waals surface area contributed by atoms with Gasteiger partial charge in [0.15, 0.2) is 11.4 Å². The lowest BCUT2D eigenvalue weighted by atomic mass is 10.3. The van der Waals surface area contributed by atoms with Gasteiger partial charge in [-0.05, 0) is 30.3 Å². The molecule has 0 fully saturated rings. The first kappa shape index (κ1) is 17.4. The van der Waals surface area contributed by atoms with Crippen LogP contribution in [0.5, 0.6) is 5.75 Å². The highest BCUT2D eigenvalue weighted by molar-refractivity contribution is 5.86. The molecule has 0 radical (unpaired) electrons. The van der Waals surface area contributed by atoms with Crippen LogP contribution in [0.1, 0.15) is 5.69 Å². The minimum Gasteiger partial charge on any atom is -0.406 e. The lowest BCUT2D eigenvalue weighted by Gasteiger charge is -2.12. The molecule has 2 aromatic heterocycles. The Balaban J connectivity index is 1.91. The number of rotatable bonds is 3. The first-order chi connectivity index (χ1) is 12.3. The lowest BCUT2D eigenvalue weighted by molar-refractivity contribution is -0.143. The zero-order chi connectivity index (χ0) is 18.7. The van der Waals surface area contributed by atoms with E-state index in [2.05, 4.69) is 15.4 Å². The van der Waals surface area contributed by atoms with Gasteiger partial charge < -0.3 is 4.74 Å². The molecule has 0 aliphatic carbocycles. The van der Waals surface area contributed by atoms with Crippen molar-refractivity contribution in [3.05, 3.63) is 66.5 Å². The molecule has 26 heavy (non-hydrogen) atoms. The lowest BCUT2D eigenvalue weighted by Crippen LogP contribution is -2.20. The van der Waals surface area contributed by atoms with Gasteiger partial charge in [0.25, 0.3) is 0 Å². The van der Waals surface area contributed by atoms with E-state index in [0.717, 1.165) is 18.3 Å². The van der Waals surface area contributed by atoms with Crippen LogP contribution in [-0.4, -0.2) is 20.9 Å². The van der Waals surface area contributed by atoms with Crippen molar-refractivity contribution < 1.29 is 27.1 Å². The number of aromatic nitrogens is 3. The molecule has 1 N–H and O–H groups in total. The van der Waals surface area contributed by atoms with E-state index in [-0.39, 0.29) is 11.4 Å². The SMILES string of the molecule is O=C(Nc1ccncc1)Oc1cnn(-c2cccc(F)c2)c1C(F)(F)F. The first-order valence-corrected chi connectivity index (χ1v) is 7.14. The Morgan fingerprint density at radius 3 is 2.54 bits per heavy atom. The molecule has 0 bridgehead atoms. The minimum atomic E-state index is -4.89. The molecule has 0 spiro atoms. The molecule has 0 aliphatic rings. The van der Waals surface area contributed by atoms with Gasteiger partial charge >= 0.3 is 12.3 Å². The van der Waals surface area contributed by atoms with E-state index in [0.29, 0.717) is 4.68 Å². The Morgan fingerprint density at radius 2 is 1.88 bits per heavy atom. The third kappa shape index (κ3) is 3.79. The number of alkyl halides is 3. The van der Waals surface area contributed by atoms with Gasteiger partial charge in [-0.25, -0.2) is 13.9 Å². The summed E-state index contributed by atoms with van der Waals surface area (Å²) in [5.74, 6) is -1.54. The first-order valence-electron chi connectivity index (χ1n) is 7.14. The molecule has 3 rings (SSSR count). The highest BCUT2D eigenvalue weighted by atomic mass is 19.4. The summed E-state index contributed by atoms with van der Waals surface area (Å²) in [5, 5.41) is 5.83. The Morgan fingerprint density at radius 1 is 1.15 bits per heavy atom. The standard InChI is InChI=1S/C16H10F4N4O2/c17-10-2-1-3-12(8-10)24-14(16(18,19)20)13(9-22-24)26-15(25)23-11-4-6-21-7-5-11/h1-9H,(H,21,23,25). The summed E-state index contributed by atoms with van der Waals surface area (Å²) in [5.41, 5.74) is -1.22. The molecule has 0 aliphatic heterocycles. The molecule has 0 atom stereocenters. The number of carbonyl (C=O) groups excluding carboxylic acids is 1. The van der Waals surface area contributed by atoms with Crippen molar-refractivity contribution in [2.45, 2.75) is 6.18 Å². The number of nitrogens with one attached hydrogen (secondary N) is 1. The molecule has 0 saturated carbocycles. The Kier molecular flexibility index (Phi) is 4.57. The maximum absolute atomic E-state index is 13.4.